The van der Waals surface area contributed by atoms with E-state index in [0.717, 1.165) is 6.61 Å². The van der Waals surface area contributed by atoms with Crippen molar-refractivity contribution >= 4 is 5.78 Å². The predicted molar refractivity (Wildman–Crippen MR) is 73.2 cm³/mol. The summed E-state index contributed by atoms with van der Waals surface area (Å²) in [5.41, 5.74) is 0.814. The fourth-order valence-electron chi connectivity index (χ4n) is 1.89. The molecule has 4 nitrogen and oxygen atoms in total. The van der Waals surface area contributed by atoms with Crippen molar-refractivity contribution in [1.29, 1.82) is 0 Å². The Bertz CT molecular complexity index is 618. The van der Waals surface area contributed by atoms with Gasteiger partial charge in [0.05, 0.1) is 12.2 Å². The molecule has 1 aliphatic heterocycles. The summed E-state index contributed by atoms with van der Waals surface area (Å²) in [6, 6.07) is 13.6. The molecule has 1 saturated heterocycles. The second-order valence-electron chi connectivity index (χ2n) is 4.64. The van der Waals surface area contributed by atoms with Crippen molar-refractivity contribution in [3.63, 3.8) is 0 Å². The van der Waals surface area contributed by atoms with Crippen LogP contribution in [-0.4, -0.2) is 30.2 Å². The number of phenolic OH excluding ortho intramolecular Hbond substituents is 1. The zero-order valence-electron chi connectivity index (χ0n) is 10.8. The minimum atomic E-state index is -0.208. The van der Waals surface area contributed by atoms with Crippen molar-refractivity contribution in [3.8, 4) is 11.5 Å². The summed E-state index contributed by atoms with van der Waals surface area (Å²) in [7, 11) is 0. The van der Waals surface area contributed by atoms with Crippen LogP contribution in [0.25, 0.3) is 0 Å². The minimum absolute atomic E-state index is 0.0759. The molecule has 0 aliphatic carbocycles. The van der Waals surface area contributed by atoms with Crippen LogP contribution in [-0.2, 0) is 4.74 Å². The Balaban J connectivity index is 1.77. The van der Waals surface area contributed by atoms with E-state index in [0.29, 0.717) is 17.9 Å². The van der Waals surface area contributed by atoms with Crippen LogP contribution in [0, 0.1) is 0 Å². The quantitative estimate of drug-likeness (QED) is 0.669. The van der Waals surface area contributed by atoms with E-state index in [1.165, 1.54) is 6.07 Å². The van der Waals surface area contributed by atoms with Crippen molar-refractivity contribution in [2.45, 2.75) is 6.10 Å². The van der Waals surface area contributed by atoms with E-state index in [1.54, 1.807) is 36.4 Å². The van der Waals surface area contributed by atoms with Gasteiger partial charge in [0.25, 0.3) is 0 Å². The van der Waals surface area contributed by atoms with Crippen molar-refractivity contribution in [2.24, 2.45) is 0 Å². The molecule has 1 atom stereocenters. The molecule has 1 N–H and O–H groups in total. The molecule has 2 aromatic carbocycles. The van der Waals surface area contributed by atoms with E-state index in [1.807, 2.05) is 6.07 Å². The van der Waals surface area contributed by atoms with Crippen LogP contribution in [0.4, 0.5) is 0 Å². The van der Waals surface area contributed by atoms with Gasteiger partial charge >= 0.3 is 0 Å². The number of carbonyl (C=O) groups is 1. The van der Waals surface area contributed by atoms with Gasteiger partial charge in [-0.05, 0) is 12.1 Å². The van der Waals surface area contributed by atoms with Crippen molar-refractivity contribution in [1.82, 2.24) is 0 Å². The van der Waals surface area contributed by atoms with E-state index >= 15 is 0 Å². The normalized spacial score (nSPS) is 16.7. The molecule has 0 unspecified atom stereocenters. The van der Waals surface area contributed by atoms with Crippen LogP contribution in [0.1, 0.15) is 15.9 Å². The molecule has 3 rings (SSSR count). The number of benzene rings is 2. The molecule has 2 aromatic rings. The average Bonchev–Trinajstić information content (AvgIpc) is 3.30. The predicted octanol–water partition coefficient (Wildman–Crippen LogP) is 2.40. The number of carbonyl (C=O) groups excluding carboxylic acids is 1. The molecule has 20 heavy (non-hydrogen) atoms. The summed E-state index contributed by atoms with van der Waals surface area (Å²) < 4.78 is 10.5. The first kappa shape index (κ1) is 12.7. The van der Waals surface area contributed by atoms with Crippen LogP contribution in [0.5, 0.6) is 11.5 Å². The number of ether oxygens (including phenoxy) is 2. The lowest BCUT2D eigenvalue weighted by molar-refractivity contribution is 0.103. The number of hydrogen-bond donors (Lipinski definition) is 1. The zero-order chi connectivity index (χ0) is 13.9. The van der Waals surface area contributed by atoms with Gasteiger partial charge in [-0.3, -0.25) is 4.79 Å². The number of rotatable bonds is 5. The van der Waals surface area contributed by atoms with Crippen LogP contribution in [0.3, 0.4) is 0 Å². The number of epoxide rings is 1. The fraction of sp³-hybridized carbons (Fsp3) is 0.188. The maximum atomic E-state index is 12.2. The van der Waals surface area contributed by atoms with E-state index < -0.39 is 0 Å². The Morgan fingerprint density at radius 2 is 2.00 bits per heavy atom. The molecule has 0 amide bonds. The van der Waals surface area contributed by atoms with Crippen LogP contribution in [0.2, 0.25) is 0 Å². The Hall–Kier alpha value is -2.33. The topological polar surface area (TPSA) is 59.1 Å². The molecule has 0 aromatic heterocycles. The van der Waals surface area contributed by atoms with Gasteiger partial charge in [-0.2, -0.15) is 0 Å². The second kappa shape index (κ2) is 5.35. The summed E-state index contributed by atoms with van der Waals surface area (Å²) in [5, 5.41) is 9.97. The summed E-state index contributed by atoms with van der Waals surface area (Å²) in [4.78, 5) is 12.2. The monoisotopic (exact) mass is 270 g/mol. The van der Waals surface area contributed by atoms with Gasteiger partial charge in [0.1, 0.15) is 24.2 Å². The number of aromatic hydroxyl groups is 1. The lowest BCUT2D eigenvalue weighted by Gasteiger charge is -2.08. The summed E-state index contributed by atoms with van der Waals surface area (Å²) in [5.74, 6) is 0.246. The first-order valence-corrected chi connectivity index (χ1v) is 6.41. The molecular formula is C16H14O4. The fourth-order valence-corrected chi connectivity index (χ4v) is 1.89. The molecular weight excluding hydrogens is 256 g/mol. The third-order valence-electron chi connectivity index (χ3n) is 3.09. The smallest absolute Gasteiger partial charge is 0.196 e. The minimum Gasteiger partial charge on any atom is -0.507 e. The first-order chi connectivity index (χ1) is 9.74. The second-order valence-corrected chi connectivity index (χ2v) is 4.64. The van der Waals surface area contributed by atoms with Gasteiger partial charge in [-0.25, -0.2) is 0 Å². The third kappa shape index (κ3) is 2.81. The molecule has 1 fully saturated rings. The van der Waals surface area contributed by atoms with Gasteiger partial charge < -0.3 is 14.6 Å². The van der Waals surface area contributed by atoms with Gasteiger partial charge in [-0.15, -0.1) is 0 Å². The molecule has 0 saturated carbocycles. The van der Waals surface area contributed by atoms with E-state index in [-0.39, 0.29) is 23.2 Å². The standard InChI is InChI=1S/C16H14O4/c17-15-8-12(19-9-13-10-20-13)6-7-14(15)16(18)11-4-2-1-3-5-11/h1-8,13,17H,9-10H2/t13-/m1/s1. The van der Waals surface area contributed by atoms with E-state index in [2.05, 4.69) is 0 Å². The van der Waals surface area contributed by atoms with E-state index in [9.17, 15) is 9.90 Å². The van der Waals surface area contributed by atoms with E-state index in [4.69, 9.17) is 9.47 Å². The van der Waals surface area contributed by atoms with Crippen LogP contribution in [0.15, 0.2) is 48.5 Å². The molecule has 0 radical (unpaired) electrons. The average molecular weight is 270 g/mol. The highest BCUT2D eigenvalue weighted by molar-refractivity contribution is 6.10. The maximum absolute atomic E-state index is 12.2. The molecule has 1 heterocycles. The van der Waals surface area contributed by atoms with Crippen molar-refractivity contribution < 1.29 is 19.4 Å². The van der Waals surface area contributed by atoms with Crippen LogP contribution < -0.4 is 4.74 Å². The largest absolute Gasteiger partial charge is 0.507 e. The highest BCUT2D eigenvalue weighted by Gasteiger charge is 2.23. The molecule has 1 aliphatic rings. The highest BCUT2D eigenvalue weighted by Crippen LogP contribution is 2.26. The van der Waals surface area contributed by atoms with Gasteiger partial charge in [0, 0.05) is 11.6 Å². The Labute approximate surface area is 116 Å². The number of ketones is 1. The molecule has 0 spiro atoms. The summed E-state index contributed by atoms with van der Waals surface area (Å²) in [6.45, 7) is 1.18. The molecule has 102 valence electrons. The Kier molecular flexibility index (Phi) is 3.39. The number of phenols is 1. The molecule has 0 bridgehead atoms. The Morgan fingerprint density at radius 1 is 1.25 bits per heavy atom. The summed E-state index contributed by atoms with van der Waals surface area (Å²) >= 11 is 0. The maximum Gasteiger partial charge on any atom is 0.196 e. The van der Waals surface area contributed by atoms with Crippen molar-refractivity contribution in [2.75, 3.05) is 13.2 Å². The zero-order valence-corrected chi connectivity index (χ0v) is 10.8. The SMILES string of the molecule is O=C(c1ccccc1)c1ccc(OC[C@@H]2CO2)cc1O. The summed E-state index contributed by atoms with van der Waals surface area (Å²) in [6.07, 6.45) is 0.155. The van der Waals surface area contributed by atoms with Crippen molar-refractivity contribution in [3.05, 3.63) is 59.7 Å². The molecule has 4 heteroatoms. The lowest BCUT2D eigenvalue weighted by atomic mass is 10.0. The van der Waals surface area contributed by atoms with Gasteiger partial charge in [-0.1, -0.05) is 30.3 Å². The number of hydrogen-bond acceptors (Lipinski definition) is 4. The van der Waals surface area contributed by atoms with Gasteiger partial charge in [0.15, 0.2) is 5.78 Å². The lowest BCUT2D eigenvalue weighted by Crippen LogP contribution is -2.05. The van der Waals surface area contributed by atoms with Crippen LogP contribution >= 0.6 is 0 Å². The first-order valence-electron chi connectivity index (χ1n) is 6.41. The highest BCUT2D eigenvalue weighted by atomic mass is 16.6. The third-order valence-corrected chi connectivity index (χ3v) is 3.09. The Morgan fingerprint density at radius 3 is 2.65 bits per heavy atom. The van der Waals surface area contributed by atoms with Gasteiger partial charge in [0.2, 0.25) is 0 Å².